The van der Waals surface area contributed by atoms with Crippen LogP contribution in [0.5, 0.6) is 0 Å². The maximum Gasteiger partial charge on any atom is 0.165 e. The van der Waals surface area contributed by atoms with Crippen LogP contribution in [0.25, 0.3) is 11.4 Å². The van der Waals surface area contributed by atoms with E-state index in [-0.39, 0.29) is 0 Å². The van der Waals surface area contributed by atoms with Crippen LogP contribution in [-0.2, 0) is 13.5 Å². The standard InChI is InChI=1S/C12H16BrN5/c1-5-9-8(6-18(4)17-9)11-15-7(2)10(13)12(14-3)16-11/h6H,5H2,1-4H3,(H,14,15,16). The van der Waals surface area contributed by atoms with Crippen LogP contribution in [0, 0.1) is 6.92 Å². The molecule has 2 aromatic rings. The van der Waals surface area contributed by atoms with Crippen LogP contribution in [0.2, 0.25) is 0 Å². The molecule has 18 heavy (non-hydrogen) atoms. The largest absolute Gasteiger partial charge is 0.372 e. The second-order valence-corrected chi connectivity index (χ2v) is 4.85. The smallest absolute Gasteiger partial charge is 0.165 e. The van der Waals surface area contributed by atoms with Gasteiger partial charge in [-0.3, -0.25) is 4.68 Å². The number of halogens is 1. The van der Waals surface area contributed by atoms with E-state index in [2.05, 4.69) is 43.2 Å². The molecule has 0 bridgehead atoms. The van der Waals surface area contributed by atoms with E-state index in [0.717, 1.165) is 33.7 Å². The van der Waals surface area contributed by atoms with E-state index in [9.17, 15) is 0 Å². The SMILES string of the molecule is CCc1nn(C)cc1-c1nc(C)c(Br)c(NC)n1. The summed E-state index contributed by atoms with van der Waals surface area (Å²) in [5.41, 5.74) is 2.92. The first-order chi connectivity index (χ1) is 8.56. The van der Waals surface area contributed by atoms with Crippen LogP contribution in [-0.4, -0.2) is 26.8 Å². The number of aryl methyl sites for hydroxylation is 3. The molecule has 2 heterocycles. The number of rotatable bonds is 3. The first-order valence-electron chi connectivity index (χ1n) is 5.81. The zero-order valence-corrected chi connectivity index (χ0v) is 12.5. The normalized spacial score (nSPS) is 10.7. The summed E-state index contributed by atoms with van der Waals surface area (Å²) in [6.45, 7) is 4.04. The van der Waals surface area contributed by atoms with Gasteiger partial charge in [0, 0.05) is 20.3 Å². The molecule has 0 aliphatic carbocycles. The Morgan fingerprint density at radius 1 is 1.39 bits per heavy atom. The predicted molar refractivity (Wildman–Crippen MR) is 75.6 cm³/mol. The maximum absolute atomic E-state index is 4.52. The summed E-state index contributed by atoms with van der Waals surface area (Å²) in [4.78, 5) is 9.04. The Labute approximate surface area is 115 Å². The predicted octanol–water partition coefficient (Wildman–Crippen LogP) is 2.55. The summed E-state index contributed by atoms with van der Waals surface area (Å²) >= 11 is 3.48. The minimum absolute atomic E-state index is 0.713. The molecule has 0 atom stereocenters. The van der Waals surface area contributed by atoms with Gasteiger partial charge in [-0.05, 0) is 29.3 Å². The van der Waals surface area contributed by atoms with E-state index in [1.165, 1.54) is 0 Å². The summed E-state index contributed by atoms with van der Waals surface area (Å²) in [5.74, 6) is 1.51. The molecule has 0 spiro atoms. The lowest BCUT2D eigenvalue weighted by molar-refractivity contribution is 0.746. The lowest BCUT2D eigenvalue weighted by atomic mass is 10.2. The highest BCUT2D eigenvalue weighted by Gasteiger charge is 2.14. The average molecular weight is 310 g/mol. The number of anilines is 1. The van der Waals surface area contributed by atoms with E-state index < -0.39 is 0 Å². The maximum atomic E-state index is 4.52. The molecule has 2 rings (SSSR count). The number of hydrogen-bond acceptors (Lipinski definition) is 4. The summed E-state index contributed by atoms with van der Waals surface area (Å²) in [7, 11) is 3.76. The van der Waals surface area contributed by atoms with Crippen LogP contribution >= 0.6 is 15.9 Å². The van der Waals surface area contributed by atoms with Gasteiger partial charge in [0.25, 0.3) is 0 Å². The Balaban J connectivity index is 2.60. The van der Waals surface area contributed by atoms with Crippen molar-refractivity contribution >= 4 is 21.7 Å². The summed E-state index contributed by atoms with van der Waals surface area (Å²) < 4.78 is 2.70. The molecule has 2 aromatic heterocycles. The van der Waals surface area contributed by atoms with Gasteiger partial charge in [0.15, 0.2) is 5.82 Å². The van der Waals surface area contributed by atoms with Gasteiger partial charge in [0.2, 0.25) is 0 Å². The third-order valence-corrected chi connectivity index (χ3v) is 3.68. The lowest BCUT2D eigenvalue weighted by Gasteiger charge is -2.08. The molecule has 0 aromatic carbocycles. The van der Waals surface area contributed by atoms with Crippen molar-refractivity contribution in [2.75, 3.05) is 12.4 Å². The number of aromatic nitrogens is 4. The Bertz CT molecular complexity index is 576. The molecular weight excluding hydrogens is 294 g/mol. The molecule has 0 amide bonds. The van der Waals surface area contributed by atoms with Gasteiger partial charge in [-0.1, -0.05) is 6.92 Å². The molecule has 0 unspecified atom stereocenters. The Morgan fingerprint density at radius 3 is 2.72 bits per heavy atom. The highest BCUT2D eigenvalue weighted by atomic mass is 79.9. The van der Waals surface area contributed by atoms with Gasteiger partial charge < -0.3 is 5.32 Å². The minimum atomic E-state index is 0.713. The van der Waals surface area contributed by atoms with Crippen molar-refractivity contribution in [2.45, 2.75) is 20.3 Å². The second kappa shape index (κ2) is 5.06. The number of nitrogens with zero attached hydrogens (tertiary/aromatic N) is 4. The average Bonchev–Trinajstić information content (AvgIpc) is 2.73. The van der Waals surface area contributed by atoms with E-state index >= 15 is 0 Å². The number of nitrogens with one attached hydrogen (secondary N) is 1. The second-order valence-electron chi connectivity index (χ2n) is 4.06. The van der Waals surface area contributed by atoms with Gasteiger partial charge in [-0.15, -0.1) is 0 Å². The summed E-state index contributed by atoms with van der Waals surface area (Å²) in [6.07, 6.45) is 2.82. The third-order valence-electron chi connectivity index (χ3n) is 2.73. The molecule has 0 aliphatic heterocycles. The first-order valence-corrected chi connectivity index (χ1v) is 6.60. The van der Waals surface area contributed by atoms with E-state index in [0.29, 0.717) is 5.82 Å². The minimum Gasteiger partial charge on any atom is -0.372 e. The fraction of sp³-hybridized carbons (Fsp3) is 0.417. The zero-order chi connectivity index (χ0) is 13.3. The molecular formula is C12H16BrN5. The van der Waals surface area contributed by atoms with E-state index in [1.54, 1.807) is 4.68 Å². The molecule has 6 heteroatoms. The summed E-state index contributed by atoms with van der Waals surface area (Å²) in [6, 6.07) is 0. The molecule has 0 saturated heterocycles. The van der Waals surface area contributed by atoms with Crippen LogP contribution in [0.3, 0.4) is 0 Å². The van der Waals surface area contributed by atoms with Gasteiger partial charge in [-0.25, -0.2) is 9.97 Å². The van der Waals surface area contributed by atoms with Crippen LogP contribution in [0.15, 0.2) is 10.7 Å². The molecule has 0 fully saturated rings. The highest BCUT2D eigenvalue weighted by Crippen LogP contribution is 2.27. The van der Waals surface area contributed by atoms with Gasteiger partial charge in [-0.2, -0.15) is 5.10 Å². The summed E-state index contributed by atoms with van der Waals surface area (Å²) in [5, 5.41) is 7.48. The molecule has 1 N–H and O–H groups in total. The Morgan fingerprint density at radius 2 is 2.11 bits per heavy atom. The topological polar surface area (TPSA) is 55.6 Å². The molecule has 0 saturated carbocycles. The van der Waals surface area contributed by atoms with Crippen LogP contribution in [0.1, 0.15) is 18.3 Å². The highest BCUT2D eigenvalue weighted by molar-refractivity contribution is 9.10. The van der Waals surface area contributed by atoms with Crippen molar-refractivity contribution in [3.05, 3.63) is 22.1 Å². The monoisotopic (exact) mass is 309 g/mol. The molecule has 5 nitrogen and oxygen atoms in total. The lowest BCUT2D eigenvalue weighted by Crippen LogP contribution is -2.01. The van der Waals surface area contributed by atoms with Crippen molar-refractivity contribution in [1.82, 2.24) is 19.7 Å². The fourth-order valence-electron chi connectivity index (χ4n) is 1.83. The van der Waals surface area contributed by atoms with Crippen LogP contribution in [0.4, 0.5) is 5.82 Å². The van der Waals surface area contributed by atoms with Crippen molar-refractivity contribution in [3.8, 4) is 11.4 Å². The molecule has 96 valence electrons. The first kappa shape index (κ1) is 13.0. The fourth-order valence-corrected chi connectivity index (χ4v) is 2.20. The Kier molecular flexibility index (Phi) is 3.65. The Hall–Kier alpha value is -1.43. The van der Waals surface area contributed by atoms with Crippen molar-refractivity contribution in [2.24, 2.45) is 7.05 Å². The van der Waals surface area contributed by atoms with Crippen LogP contribution < -0.4 is 5.32 Å². The zero-order valence-electron chi connectivity index (χ0n) is 11.0. The quantitative estimate of drug-likeness (QED) is 0.946. The van der Waals surface area contributed by atoms with Gasteiger partial charge in [0.05, 0.1) is 21.4 Å². The molecule has 0 radical (unpaired) electrons. The van der Waals surface area contributed by atoms with Crippen molar-refractivity contribution in [1.29, 1.82) is 0 Å². The third kappa shape index (κ3) is 2.25. The molecule has 0 aliphatic rings. The van der Waals surface area contributed by atoms with E-state index in [4.69, 9.17) is 0 Å². The number of hydrogen-bond donors (Lipinski definition) is 1. The van der Waals surface area contributed by atoms with Gasteiger partial charge >= 0.3 is 0 Å². The van der Waals surface area contributed by atoms with Crippen molar-refractivity contribution < 1.29 is 0 Å². The van der Waals surface area contributed by atoms with Gasteiger partial charge in [0.1, 0.15) is 5.82 Å². The van der Waals surface area contributed by atoms with E-state index in [1.807, 2.05) is 27.2 Å². The van der Waals surface area contributed by atoms with Crippen molar-refractivity contribution in [3.63, 3.8) is 0 Å².